The molecule has 8 nitrogen and oxygen atoms in total. The first-order valence-electron chi connectivity index (χ1n) is 13.6. The van der Waals surface area contributed by atoms with E-state index in [1.807, 2.05) is 62.4 Å². The van der Waals surface area contributed by atoms with Crippen LogP contribution in [0.15, 0.2) is 66.7 Å². The van der Waals surface area contributed by atoms with Gasteiger partial charge in [0.25, 0.3) is 0 Å². The number of anilines is 1. The number of ether oxygens (including phenoxy) is 3. The molecule has 0 radical (unpaired) electrons. The molecular formula is C32H40N2O6. The number of urea groups is 1. The van der Waals surface area contributed by atoms with Crippen LogP contribution in [0.2, 0.25) is 0 Å². The summed E-state index contributed by atoms with van der Waals surface area (Å²) in [6, 6.07) is 20.7. The molecule has 3 aromatic rings. The Morgan fingerprint density at radius 3 is 2.17 bits per heavy atom. The van der Waals surface area contributed by atoms with Gasteiger partial charge >= 0.3 is 12.0 Å². The normalized spacial score (nSPS) is 11.5. The molecule has 0 saturated carbocycles. The Bertz CT molecular complexity index is 1230. The van der Waals surface area contributed by atoms with E-state index in [-0.39, 0.29) is 12.5 Å². The van der Waals surface area contributed by atoms with E-state index in [2.05, 4.69) is 18.3 Å². The highest BCUT2D eigenvalue weighted by molar-refractivity contribution is 5.90. The van der Waals surface area contributed by atoms with E-state index in [0.717, 1.165) is 28.1 Å². The first-order chi connectivity index (χ1) is 19.3. The van der Waals surface area contributed by atoms with Gasteiger partial charge in [0.2, 0.25) is 0 Å². The van der Waals surface area contributed by atoms with Crippen molar-refractivity contribution in [2.75, 3.05) is 38.2 Å². The van der Waals surface area contributed by atoms with E-state index in [9.17, 15) is 14.7 Å². The SMILES string of the molecule is CCOC(Cc1ccc(OCCN(CCCOc2ccccc2)C(=O)Nc2cc(C)c(C)cc2C)cc1)C(=O)O. The zero-order valence-electron chi connectivity index (χ0n) is 23.8. The summed E-state index contributed by atoms with van der Waals surface area (Å²) in [4.78, 5) is 26.4. The van der Waals surface area contributed by atoms with Crippen LogP contribution in [0, 0.1) is 20.8 Å². The minimum Gasteiger partial charge on any atom is -0.494 e. The second-order valence-electron chi connectivity index (χ2n) is 9.66. The Hall–Kier alpha value is -4.04. The minimum absolute atomic E-state index is 0.194. The van der Waals surface area contributed by atoms with Crippen molar-refractivity contribution in [1.29, 1.82) is 0 Å². The van der Waals surface area contributed by atoms with E-state index < -0.39 is 12.1 Å². The number of carboxylic acid groups (broad SMARTS) is 1. The zero-order chi connectivity index (χ0) is 28.9. The second-order valence-corrected chi connectivity index (χ2v) is 9.66. The minimum atomic E-state index is -0.981. The molecule has 2 N–H and O–H groups in total. The molecule has 0 aromatic heterocycles. The van der Waals surface area contributed by atoms with Crippen LogP contribution >= 0.6 is 0 Å². The average molecular weight is 549 g/mol. The van der Waals surface area contributed by atoms with Crippen LogP contribution in [-0.2, 0) is 16.0 Å². The summed E-state index contributed by atoms with van der Waals surface area (Å²) >= 11 is 0. The van der Waals surface area contributed by atoms with Crippen LogP contribution < -0.4 is 14.8 Å². The Morgan fingerprint density at radius 2 is 1.50 bits per heavy atom. The van der Waals surface area contributed by atoms with Gasteiger partial charge < -0.3 is 29.5 Å². The number of rotatable bonds is 15. The summed E-state index contributed by atoms with van der Waals surface area (Å²) in [6.45, 7) is 9.85. The number of aliphatic carboxylic acids is 1. The molecule has 1 unspecified atom stereocenters. The van der Waals surface area contributed by atoms with Crippen molar-refractivity contribution in [2.24, 2.45) is 0 Å². The number of hydrogen-bond donors (Lipinski definition) is 2. The maximum atomic E-state index is 13.3. The van der Waals surface area contributed by atoms with Gasteiger partial charge in [-0.3, -0.25) is 0 Å². The first kappa shape index (κ1) is 30.5. The average Bonchev–Trinajstić information content (AvgIpc) is 2.94. The van der Waals surface area contributed by atoms with Crippen molar-refractivity contribution in [1.82, 2.24) is 4.90 Å². The lowest BCUT2D eigenvalue weighted by Gasteiger charge is -2.24. The number of aryl methyl sites for hydroxylation is 3. The number of carbonyl (C=O) groups is 2. The standard InChI is InChI=1S/C32H40N2O6/c1-5-38-30(31(35)36)22-26-12-14-28(15-13-26)40-19-17-34(16-9-18-39-27-10-7-6-8-11-27)32(37)33-29-21-24(3)23(2)20-25(29)4/h6-8,10-15,20-21,30H,5,9,16-19,22H2,1-4H3,(H,33,37)(H,35,36). The third-order valence-corrected chi connectivity index (χ3v) is 6.57. The van der Waals surface area contributed by atoms with E-state index in [1.165, 1.54) is 5.56 Å². The maximum Gasteiger partial charge on any atom is 0.333 e. The van der Waals surface area contributed by atoms with Crippen LogP contribution in [-0.4, -0.2) is 61.0 Å². The zero-order valence-corrected chi connectivity index (χ0v) is 23.8. The number of nitrogens with one attached hydrogen (secondary N) is 1. The molecule has 3 rings (SSSR count). The molecule has 0 spiro atoms. The summed E-state index contributed by atoms with van der Waals surface area (Å²) < 4.78 is 17.0. The van der Waals surface area contributed by atoms with Crippen LogP contribution in [0.5, 0.6) is 11.5 Å². The van der Waals surface area contributed by atoms with Crippen LogP contribution in [0.1, 0.15) is 35.6 Å². The largest absolute Gasteiger partial charge is 0.494 e. The maximum absolute atomic E-state index is 13.3. The van der Waals surface area contributed by atoms with Gasteiger partial charge in [0.15, 0.2) is 6.10 Å². The third kappa shape index (κ3) is 9.61. The van der Waals surface area contributed by atoms with Gasteiger partial charge in [-0.1, -0.05) is 36.4 Å². The molecule has 40 heavy (non-hydrogen) atoms. The highest BCUT2D eigenvalue weighted by atomic mass is 16.5. The second kappa shape index (κ2) is 15.5. The molecule has 0 bridgehead atoms. The Morgan fingerprint density at radius 1 is 0.850 bits per heavy atom. The van der Waals surface area contributed by atoms with Crippen LogP contribution in [0.4, 0.5) is 10.5 Å². The monoisotopic (exact) mass is 548 g/mol. The van der Waals surface area contributed by atoms with Gasteiger partial charge in [-0.25, -0.2) is 9.59 Å². The Labute approximate surface area is 236 Å². The fourth-order valence-electron chi connectivity index (χ4n) is 4.19. The molecule has 0 heterocycles. The molecule has 0 aliphatic rings. The van der Waals surface area contributed by atoms with Crippen LogP contribution in [0.3, 0.4) is 0 Å². The number of amides is 2. The number of carboxylic acids is 1. The van der Waals surface area contributed by atoms with Crippen molar-refractivity contribution in [3.8, 4) is 11.5 Å². The number of hydrogen-bond acceptors (Lipinski definition) is 5. The summed E-state index contributed by atoms with van der Waals surface area (Å²) in [5.41, 5.74) is 4.94. The molecule has 2 amide bonds. The smallest absolute Gasteiger partial charge is 0.333 e. The predicted octanol–water partition coefficient (Wildman–Crippen LogP) is 6.03. The quantitative estimate of drug-likeness (QED) is 0.225. The van der Waals surface area contributed by atoms with Crippen molar-refractivity contribution < 1.29 is 28.9 Å². The van der Waals surface area contributed by atoms with Gasteiger partial charge in [0.1, 0.15) is 18.1 Å². The van der Waals surface area contributed by atoms with E-state index in [4.69, 9.17) is 14.2 Å². The van der Waals surface area contributed by atoms with Gasteiger partial charge in [-0.2, -0.15) is 0 Å². The lowest BCUT2D eigenvalue weighted by atomic mass is 10.1. The Balaban J connectivity index is 1.58. The summed E-state index contributed by atoms with van der Waals surface area (Å²) in [6.07, 6.45) is 0.0593. The van der Waals surface area contributed by atoms with Crippen molar-refractivity contribution in [2.45, 2.75) is 46.6 Å². The fourth-order valence-corrected chi connectivity index (χ4v) is 4.19. The summed E-state index contributed by atoms with van der Waals surface area (Å²) in [5.74, 6) is 0.461. The lowest BCUT2D eigenvalue weighted by molar-refractivity contribution is -0.149. The summed E-state index contributed by atoms with van der Waals surface area (Å²) in [7, 11) is 0. The van der Waals surface area contributed by atoms with E-state index in [1.54, 1.807) is 24.0 Å². The number of nitrogens with zero attached hydrogens (tertiary/aromatic N) is 1. The molecule has 214 valence electrons. The lowest BCUT2D eigenvalue weighted by Crippen LogP contribution is -2.39. The Kier molecular flexibility index (Phi) is 11.8. The highest BCUT2D eigenvalue weighted by Crippen LogP contribution is 2.21. The predicted molar refractivity (Wildman–Crippen MR) is 156 cm³/mol. The third-order valence-electron chi connectivity index (χ3n) is 6.57. The molecule has 1 atom stereocenters. The molecule has 0 aliphatic carbocycles. The topological polar surface area (TPSA) is 97.3 Å². The van der Waals surface area contributed by atoms with Crippen LogP contribution in [0.25, 0.3) is 0 Å². The molecule has 0 aliphatic heterocycles. The van der Waals surface area contributed by atoms with Gasteiger partial charge in [-0.15, -0.1) is 0 Å². The first-order valence-corrected chi connectivity index (χ1v) is 13.6. The molecule has 0 saturated heterocycles. The molecular weight excluding hydrogens is 508 g/mol. The number of benzene rings is 3. The van der Waals surface area contributed by atoms with Gasteiger partial charge in [0.05, 0.1) is 13.2 Å². The summed E-state index contributed by atoms with van der Waals surface area (Å²) in [5, 5.41) is 12.4. The van der Waals surface area contributed by atoms with E-state index in [0.29, 0.717) is 45.1 Å². The van der Waals surface area contributed by atoms with Gasteiger partial charge in [-0.05, 0) is 86.7 Å². The van der Waals surface area contributed by atoms with Crippen molar-refractivity contribution >= 4 is 17.7 Å². The highest BCUT2D eigenvalue weighted by Gasteiger charge is 2.18. The van der Waals surface area contributed by atoms with Crippen molar-refractivity contribution in [3.05, 3.63) is 89.0 Å². The molecule has 8 heteroatoms. The molecule has 3 aromatic carbocycles. The molecule has 0 fully saturated rings. The van der Waals surface area contributed by atoms with Gasteiger partial charge in [0, 0.05) is 25.3 Å². The number of carbonyl (C=O) groups excluding carboxylic acids is 1. The van der Waals surface area contributed by atoms with Crippen molar-refractivity contribution in [3.63, 3.8) is 0 Å². The number of para-hydroxylation sites is 1. The fraction of sp³-hybridized carbons (Fsp3) is 0.375. The van der Waals surface area contributed by atoms with E-state index >= 15 is 0 Å².